The summed E-state index contributed by atoms with van der Waals surface area (Å²) in [6.07, 6.45) is 2.87. The molecule has 2 N–H and O–H groups in total. The molecule has 0 radical (unpaired) electrons. The van der Waals surface area contributed by atoms with Gasteiger partial charge in [0, 0.05) is 31.8 Å². The molecule has 1 aliphatic rings. The zero-order valence-corrected chi connectivity index (χ0v) is 16.0. The van der Waals surface area contributed by atoms with Gasteiger partial charge < -0.3 is 24.8 Å². The Morgan fingerprint density at radius 2 is 1.96 bits per heavy atom. The molecule has 0 fully saturated rings. The minimum Gasteiger partial charge on any atom is -0.497 e. The molecule has 0 spiro atoms. The van der Waals surface area contributed by atoms with E-state index in [1.807, 2.05) is 30.3 Å². The van der Waals surface area contributed by atoms with Gasteiger partial charge in [-0.3, -0.25) is 4.99 Å². The first kappa shape index (κ1) is 18.9. The van der Waals surface area contributed by atoms with Crippen LogP contribution in [0.4, 0.5) is 5.69 Å². The minimum atomic E-state index is 0.674. The van der Waals surface area contributed by atoms with Crippen LogP contribution < -0.4 is 24.8 Å². The molecule has 0 bridgehead atoms. The molecule has 0 amide bonds. The third-order valence-electron chi connectivity index (χ3n) is 4.30. The quantitative estimate of drug-likeness (QED) is 0.464. The van der Waals surface area contributed by atoms with E-state index in [9.17, 15) is 0 Å². The topological polar surface area (TPSA) is 64.1 Å². The van der Waals surface area contributed by atoms with Gasteiger partial charge in [0.05, 0.1) is 20.3 Å². The molecule has 0 aliphatic carbocycles. The fraction of sp³-hybridized carbons (Fsp3) is 0.381. The van der Waals surface area contributed by atoms with Gasteiger partial charge in [0.1, 0.15) is 5.75 Å². The van der Waals surface area contributed by atoms with Crippen LogP contribution in [0, 0.1) is 0 Å². The highest BCUT2D eigenvalue weighted by Crippen LogP contribution is 2.32. The number of anilines is 1. The van der Waals surface area contributed by atoms with Crippen molar-refractivity contribution in [3.05, 3.63) is 48.0 Å². The molecule has 6 nitrogen and oxygen atoms in total. The summed E-state index contributed by atoms with van der Waals surface area (Å²) in [6.45, 7) is 2.19. The molecule has 0 saturated carbocycles. The first-order chi connectivity index (χ1) is 13.3. The Morgan fingerprint density at radius 1 is 1.11 bits per heavy atom. The number of nitrogens with zero attached hydrogens (tertiary/aromatic N) is 1. The van der Waals surface area contributed by atoms with Crippen LogP contribution in [0.15, 0.2) is 47.5 Å². The highest BCUT2D eigenvalue weighted by atomic mass is 16.5. The van der Waals surface area contributed by atoms with Gasteiger partial charge in [-0.25, -0.2) is 0 Å². The van der Waals surface area contributed by atoms with Crippen molar-refractivity contribution < 1.29 is 14.2 Å². The van der Waals surface area contributed by atoms with Gasteiger partial charge in [0.15, 0.2) is 17.5 Å². The van der Waals surface area contributed by atoms with E-state index in [1.165, 1.54) is 5.56 Å². The van der Waals surface area contributed by atoms with Crippen molar-refractivity contribution >= 4 is 11.6 Å². The Hall–Kier alpha value is -2.89. The first-order valence-electron chi connectivity index (χ1n) is 9.29. The Labute approximate surface area is 160 Å². The van der Waals surface area contributed by atoms with E-state index < -0.39 is 0 Å². The maximum absolute atomic E-state index is 5.74. The molecule has 0 atom stereocenters. The lowest BCUT2D eigenvalue weighted by Gasteiger charge is -2.14. The average Bonchev–Trinajstić information content (AvgIpc) is 2.95. The first-order valence-corrected chi connectivity index (χ1v) is 9.29. The Balaban J connectivity index is 1.48. The van der Waals surface area contributed by atoms with Crippen LogP contribution in [0.3, 0.4) is 0 Å². The molecule has 0 saturated heterocycles. The molecular formula is C21H27N3O3. The largest absolute Gasteiger partial charge is 0.497 e. The van der Waals surface area contributed by atoms with Crippen molar-refractivity contribution in [1.29, 1.82) is 0 Å². The van der Waals surface area contributed by atoms with E-state index in [1.54, 1.807) is 14.2 Å². The lowest BCUT2D eigenvalue weighted by Crippen LogP contribution is -2.31. The third-order valence-corrected chi connectivity index (χ3v) is 4.30. The number of aliphatic imine (C=N–C) groups is 1. The van der Waals surface area contributed by atoms with E-state index in [0.29, 0.717) is 13.2 Å². The van der Waals surface area contributed by atoms with Crippen LogP contribution in [0.1, 0.15) is 18.4 Å². The van der Waals surface area contributed by atoms with Gasteiger partial charge in [-0.1, -0.05) is 12.1 Å². The van der Waals surface area contributed by atoms with Crippen molar-refractivity contribution in [2.75, 3.05) is 39.2 Å². The van der Waals surface area contributed by atoms with Crippen LogP contribution in [0.25, 0.3) is 0 Å². The third kappa shape index (κ3) is 5.54. The van der Waals surface area contributed by atoms with E-state index in [4.69, 9.17) is 14.2 Å². The Kier molecular flexibility index (Phi) is 6.79. The fourth-order valence-corrected chi connectivity index (χ4v) is 2.88. The molecule has 6 heteroatoms. The minimum absolute atomic E-state index is 0.674. The maximum atomic E-state index is 5.74. The van der Waals surface area contributed by atoms with Crippen molar-refractivity contribution in [3.63, 3.8) is 0 Å². The van der Waals surface area contributed by atoms with Crippen molar-refractivity contribution in [1.82, 2.24) is 5.32 Å². The number of hydrogen-bond acceptors (Lipinski definition) is 4. The molecular weight excluding hydrogens is 342 g/mol. The maximum Gasteiger partial charge on any atom is 0.195 e. The SMILES string of the molecule is CN=C(NCCCc1cccc(OC)c1)Nc1ccc2c(c1)OCCCO2. The van der Waals surface area contributed by atoms with E-state index in [-0.39, 0.29) is 0 Å². The zero-order chi connectivity index (χ0) is 18.9. The molecule has 2 aromatic rings. The van der Waals surface area contributed by atoms with Gasteiger partial charge in [0.2, 0.25) is 0 Å². The number of benzene rings is 2. The lowest BCUT2D eigenvalue weighted by molar-refractivity contribution is 0.297. The predicted octanol–water partition coefficient (Wildman–Crippen LogP) is 3.48. The molecule has 0 unspecified atom stereocenters. The second-order valence-electron chi connectivity index (χ2n) is 6.29. The summed E-state index contributed by atoms with van der Waals surface area (Å²) < 4.78 is 16.7. The molecule has 27 heavy (non-hydrogen) atoms. The molecule has 2 aromatic carbocycles. The van der Waals surface area contributed by atoms with Crippen LogP contribution in [0.2, 0.25) is 0 Å². The fourth-order valence-electron chi connectivity index (χ4n) is 2.88. The molecule has 3 rings (SSSR count). The summed E-state index contributed by atoms with van der Waals surface area (Å²) in [5.41, 5.74) is 2.18. The normalized spacial score (nSPS) is 13.6. The number of rotatable bonds is 6. The highest BCUT2D eigenvalue weighted by Gasteiger charge is 2.11. The van der Waals surface area contributed by atoms with Gasteiger partial charge in [-0.15, -0.1) is 0 Å². The van der Waals surface area contributed by atoms with Crippen molar-refractivity contribution in [2.45, 2.75) is 19.3 Å². The molecule has 0 aromatic heterocycles. The van der Waals surface area contributed by atoms with Crippen LogP contribution in [-0.2, 0) is 6.42 Å². The van der Waals surface area contributed by atoms with Gasteiger partial charge in [-0.2, -0.15) is 0 Å². The lowest BCUT2D eigenvalue weighted by atomic mass is 10.1. The summed E-state index contributed by atoms with van der Waals surface area (Å²) in [5, 5.41) is 6.64. The van der Waals surface area contributed by atoms with Gasteiger partial charge in [0.25, 0.3) is 0 Å². The van der Waals surface area contributed by atoms with Crippen molar-refractivity contribution in [2.24, 2.45) is 4.99 Å². The second-order valence-corrected chi connectivity index (χ2v) is 6.29. The molecule has 1 aliphatic heterocycles. The van der Waals surface area contributed by atoms with E-state index in [0.717, 1.165) is 54.7 Å². The summed E-state index contributed by atoms with van der Waals surface area (Å²) in [7, 11) is 3.45. The summed E-state index contributed by atoms with van der Waals surface area (Å²) in [5.74, 6) is 3.19. The number of hydrogen-bond donors (Lipinski definition) is 2. The summed E-state index contributed by atoms with van der Waals surface area (Å²) >= 11 is 0. The van der Waals surface area contributed by atoms with Crippen LogP contribution in [0.5, 0.6) is 17.2 Å². The Bertz CT molecular complexity index is 777. The predicted molar refractivity (Wildman–Crippen MR) is 108 cm³/mol. The van der Waals surface area contributed by atoms with Gasteiger partial charge >= 0.3 is 0 Å². The number of aryl methyl sites for hydroxylation is 1. The van der Waals surface area contributed by atoms with Crippen molar-refractivity contribution in [3.8, 4) is 17.2 Å². The van der Waals surface area contributed by atoms with Crippen LogP contribution >= 0.6 is 0 Å². The molecule has 1 heterocycles. The number of methoxy groups -OCH3 is 1. The van der Waals surface area contributed by atoms with Gasteiger partial charge in [-0.05, 0) is 42.7 Å². The standard InChI is InChI=1S/C21H27N3O3/c1-22-21(23-11-4-7-16-6-3-8-18(14-16)25-2)24-17-9-10-19-20(15-17)27-13-5-12-26-19/h3,6,8-10,14-15H,4-5,7,11-13H2,1-2H3,(H2,22,23,24). The monoisotopic (exact) mass is 369 g/mol. The number of nitrogens with one attached hydrogen (secondary N) is 2. The summed E-state index contributed by atoms with van der Waals surface area (Å²) in [6, 6.07) is 14.0. The van der Waals surface area contributed by atoms with E-state index >= 15 is 0 Å². The summed E-state index contributed by atoms with van der Waals surface area (Å²) in [4.78, 5) is 4.29. The number of fused-ring (bicyclic) bond motifs is 1. The second kappa shape index (κ2) is 9.71. The number of ether oxygens (including phenoxy) is 3. The average molecular weight is 369 g/mol. The highest BCUT2D eigenvalue weighted by molar-refractivity contribution is 5.93. The zero-order valence-electron chi connectivity index (χ0n) is 16.0. The van der Waals surface area contributed by atoms with E-state index in [2.05, 4.69) is 27.8 Å². The molecule has 144 valence electrons. The smallest absolute Gasteiger partial charge is 0.195 e. The Morgan fingerprint density at radius 3 is 2.78 bits per heavy atom. The van der Waals surface area contributed by atoms with Crippen LogP contribution in [-0.4, -0.2) is 39.9 Å². The number of guanidine groups is 1.